The Hall–Kier alpha value is -2.60. The van der Waals surface area contributed by atoms with Gasteiger partial charge in [0.25, 0.3) is 0 Å². The number of aromatic nitrogens is 1. The van der Waals surface area contributed by atoms with E-state index in [-0.39, 0.29) is 23.8 Å². The quantitative estimate of drug-likeness (QED) is 0.634. The van der Waals surface area contributed by atoms with Crippen LogP contribution in [0.5, 0.6) is 11.5 Å². The van der Waals surface area contributed by atoms with Gasteiger partial charge in [0.2, 0.25) is 5.91 Å². The molecular weight excluding hydrogens is 270 g/mol. The summed E-state index contributed by atoms with van der Waals surface area (Å²) >= 11 is 0. The molecule has 1 aromatic carbocycles. The number of anilines is 1. The normalized spacial score (nSPS) is 11.9. The van der Waals surface area contributed by atoms with Crippen molar-refractivity contribution in [3.05, 3.63) is 47.7 Å². The van der Waals surface area contributed by atoms with Crippen molar-refractivity contribution < 1.29 is 15.0 Å². The van der Waals surface area contributed by atoms with Gasteiger partial charge in [0.05, 0.1) is 6.04 Å². The van der Waals surface area contributed by atoms with E-state index in [1.165, 1.54) is 12.1 Å². The second kappa shape index (κ2) is 6.23. The number of nitrogens with two attached hydrogens (primary N) is 1. The molecular formula is C15H17N3O3. The molecule has 5 N–H and O–H groups in total. The smallest absolute Gasteiger partial charge is 0.242 e. The Balaban J connectivity index is 2.00. The van der Waals surface area contributed by atoms with Crippen LogP contribution in [0.2, 0.25) is 0 Å². The largest absolute Gasteiger partial charge is 0.504 e. The Morgan fingerprint density at radius 1 is 1.29 bits per heavy atom. The number of nitrogens with one attached hydrogen (secondary N) is 1. The molecule has 0 saturated carbocycles. The summed E-state index contributed by atoms with van der Waals surface area (Å²) in [5.41, 5.74) is 7.48. The van der Waals surface area contributed by atoms with Crippen molar-refractivity contribution >= 4 is 11.7 Å². The molecule has 0 spiro atoms. The zero-order chi connectivity index (χ0) is 15.4. The summed E-state index contributed by atoms with van der Waals surface area (Å²) in [6.45, 7) is 1.90. The van der Waals surface area contributed by atoms with Gasteiger partial charge in [0, 0.05) is 6.20 Å². The highest BCUT2D eigenvalue weighted by Crippen LogP contribution is 2.25. The Morgan fingerprint density at radius 3 is 2.71 bits per heavy atom. The summed E-state index contributed by atoms with van der Waals surface area (Å²) in [5.74, 6) is -0.356. The summed E-state index contributed by atoms with van der Waals surface area (Å²) < 4.78 is 0. The third-order valence-corrected chi connectivity index (χ3v) is 3.00. The van der Waals surface area contributed by atoms with E-state index >= 15 is 0 Å². The molecule has 1 amide bonds. The van der Waals surface area contributed by atoms with Gasteiger partial charge in [-0.1, -0.05) is 6.07 Å². The van der Waals surface area contributed by atoms with Gasteiger partial charge in [-0.25, -0.2) is 4.98 Å². The van der Waals surface area contributed by atoms with Crippen molar-refractivity contribution in [2.75, 3.05) is 5.32 Å². The molecule has 0 aliphatic carbocycles. The van der Waals surface area contributed by atoms with Crippen molar-refractivity contribution in [2.24, 2.45) is 5.73 Å². The first-order valence-electron chi connectivity index (χ1n) is 6.45. The van der Waals surface area contributed by atoms with Gasteiger partial charge in [-0.3, -0.25) is 4.79 Å². The Labute approximate surface area is 122 Å². The lowest BCUT2D eigenvalue weighted by Crippen LogP contribution is -2.37. The number of rotatable bonds is 4. The molecule has 0 radical (unpaired) electrons. The van der Waals surface area contributed by atoms with Gasteiger partial charge >= 0.3 is 0 Å². The van der Waals surface area contributed by atoms with Crippen molar-refractivity contribution in [3.63, 3.8) is 0 Å². The number of carbonyl (C=O) groups is 1. The molecule has 6 heteroatoms. The SMILES string of the molecule is Cc1ccnc(NC(=O)[C@@H](N)Cc2ccc(O)c(O)c2)c1. The van der Waals surface area contributed by atoms with Crippen LogP contribution in [0.25, 0.3) is 0 Å². The molecule has 0 saturated heterocycles. The first-order valence-corrected chi connectivity index (χ1v) is 6.45. The van der Waals surface area contributed by atoms with E-state index in [0.29, 0.717) is 11.4 Å². The fourth-order valence-corrected chi connectivity index (χ4v) is 1.87. The van der Waals surface area contributed by atoms with Crippen molar-refractivity contribution in [1.29, 1.82) is 0 Å². The van der Waals surface area contributed by atoms with Crippen LogP contribution in [0.4, 0.5) is 5.82 Å². The first kappa shape index (κ1) is 14.8. The predicted molar refractivity (Wildman–Crippen MR) is 79.1 cm³/mol. The van der Waals surface area contributed by atoms with Crippen molar-refractivity contribution in [2.45, 2.75) is 19.4 Å². The highest BCUT2D eigenvalue weighted by molar-refractivity contribution is 5.94. The standard InChI is InChI=1S/C15H17N3O3/c1-9-4-5-17-14(6-9)18-15(21)11(16)7-10-2-3-12(19)13(20)8-10/h2-6,8,11,19-20H,7,16H2,1H3,(H,17,18,21)/t11-/m0/s1. The minimum Gasteiger partial charge on any atom is -0.504 e. The maximum Gasteiger partial charge on any atom is 0.242 e. The highest BCUT2D eigenvalue weighted by atomic mass is 16.3. The molecule has 0 aliphatic rings. The fourth-order valence-electron chi connectivity index (χ4n) is 1.87. The molecule has 1 atom stereocenters. The van der Waals surface area contributed by atoms with Gasteiger partial charge in [0.15, 0.2) is 11.5 Å². The molecule has 6 nitrogen and oxygen atoms in total. The average Bonchev–Trinajstić information content (AvgIpc) is 2.43. The lowest BCUT2D eigenvalue weighted by molar-refractivity contribution is -0.117. The van der Waals surface area contributed by atoms with Crippen LogP contribution < -0.4 is 11.1 Å². The van der Waals surface area contributed by atoms with Crippen LogP contribution in [-0.4, -0.2) is 27.1 Å². The lowest BCUT2D eigenvalue weighted by atomic mass is 10.1. The van der Waals surface area contributed by atoms with Crippen molar-refractivity contribution in [3.8, 4) is 11.5 Å². The minimum atomic E-state index is -0.781. The number of nitrogens with zero attached hydrogens (tertiary/aromatic N) is 1. The molecule has 1 aromatic heterocycles. The summed E-state index contributed by atoms with van der Waals surface area (Å²) in [7, 11) is 0. The van der Waals surface area contributed by atoms with Gasteiger partial charge in [-0.2, -0.15) is 0 Å². The number of phenolic OH excluding ortho intramolecular Hbond substituents is 2. The predicted octanol–water partition coefficient (Wildman–Crippen LogP) is 1.31. The van der Waals surface area contributed by atoms with Crippen LogP contribution in [0.15, 0.2) is 36.5 Å². The fraction of sp³-hybridized carbons (Fsp3) is 0.200. The van der Waals surface area contributed by atoms with E-state index in [0.717, 1.165) is 5.56 Å². The summed E-state index contributed by atoms with van der Waals surface area (Å²) in [5, 5.41) is 21.3. The number of amides is 1. The second-order valence-electron chi connectivity index (χ2n) is 4.84. The number of hydrogen-bond acceptors (Lipinski definition) is 5. The Kier molecular flexibility index (Phi) is 4.39. The number of hydrogen-bond donors (Lipinski definition) is 4. The minimum absolute atomic E-state index is 0.208. The van der Waals surface area contributed by atoms with Gasteiger partial charge in [0.1, 0.15) is 5.82 Å². The molecule has 110 valence electrons. The molecule has 0 fully saturated rings. The van der Waals surface area contributed by atoms with E-state index in [9.17, 15) is 15.0 Å². The van der Waals surface area contributed by atoms with Crippen molar-refractivity contribution in [1.82, 2.24) is 4.98 Å². The first-order chi connectivity index (χ1) is 9.95. The topological polar surface area (TPSA) is 108 Å². The summed E-state index contributed by atoms with van der Waals surface area (Å²) in [6.07, 6.45) is 1.85. The molecule has 0 aliphatic heterocycles. The molecule has 0 unspecified atom stereocenters. The zero-order valence-electron chi connectivity index (χ0n) is 11.6. The summed E-state index contributed by atoms with van der Waals surface area (Å²) in [4.78, 5) is 16.0. The number of aromatic hydroxyl groups is 2. The third-order valence-electron chi connectivity index (χ3n) is 3.00. The van der Waals surface area contributed by atoms with E-state index in [1.807, 2.05) is 13.0 Å². The van der Waals surface area contributed by atoms with Crippen LogP contribution in [-0.2, 0) is 11.2 Å². The maximum absolute atomic E-state index is 12.0. The Morgan fingerprint density at radius 2 is 2.05 bits per heavy atom. The van der Waals surface area contributed by atoms with Crippen LogP contribution >= 0.6 is 0 Å². The molecule has 2 aromatic rings. The number of pyridine rings is 1. The molecule has 0 bridgehead atoms. The third kappa shape index (κ3) is 3.93. The van der Waals surface area contributed by atoms with E-state index in [4.69, 9.17) is 5.73 Å². The van der Waals surface area contributed by atoms with E-state index in [2.05, 4.69) is 10.3 Å². The van der Waals surface area contributed by atoms with Crippen LogP contribution in [0.1, 0.15) is 11.1 Å². The average molecular weight is 287 g/mol. The van der Waals surface area contributed by atoms with Crippen LogP contribution in [0, 0.1) is 6.92 Å². The Bertz CT molecular complexity index is 658. The van der Waals surface area contributed by atoms with E-state index in [1.54, 1.807) is 18.3 Å². The molecule has 1 heterocycles. The van der Waals surface area contributed by atoms with Gasteiger partial charge in [-0.15, -0.1) is 0 Å². The lowest BCUT2D eigenvalue weighted by Gasteiger charge is -2.12. The monoisotopic (exact) mass is 287 g/mol. The number of carbonyl (C=O) groups excluding carboxylic acids is 1. The summed E-state index contributed by atoms with van der Waals surface area (Å²) in [6, 6.07) is 7.14. The van der Waals surface area contributed by atoms with Crippen LogP contribution in [0.3, 0.4) is 0 Å². The van der Waals surface area contributed by atoms with Gasteiger partial charge in [-0.05, 0) is 48.7 Å². The number of aryl methyl sites for hydroxylation is 1. The highest BCUT2D eigenvalue weighted by Gasteiger charge is 2.15. The molecule has 21 heavy (non-hydrogen) atoms. The number of benzene rings is 1. The number of phenols is 2. The second-order valence-corrected chi connectivity index (χ2v) is 4.84. The van der Waals surface area contributed by atoms with Gasteiger partial charge < -0.3 is 21.3 Å². The maximum atomic E-state index is 12.0. The zero-order valence-corrected chi connectivity index (χ0v) is 11.6. The van der Waals surface area contributed by atoms with E-state index < -0.39 is 6.04 Å². The molecule has 2 rings (SSSR count).